The summed E-state index contributed by atoms with van der Waals surface area (Å²) in [5.74, 6) is -0.280. The van der Waals surface area contributed by atoms with Crippen molar-refractivity contribution in [2.75, 3.05) is 20.1 Å². The second kappa shape index (κ2) is 9.52. The van der Waals surface area contributed by atoms with Crippen LogP contribution in [0.15, 0.2) is 53.4 Å². The standard InChI is InChI=1S/C20H25N3O3S.ClH/c1-15(21-2)13-22-20(24)17-8-5-9-19(12-17)27(25,26)23-11-10-16-6-3-4-7-18(16)14-23;/h3-9,12,15,21H,10-11,13-14H2,1-2H3,(H,22,24);1H. The van der Waals surface area contributed by atoms with Crippen LogP contribution in [0.1, 0.15) is 28.4 Å². The van der Waals surface area contributed by atoms with E-state index in [1.165, 1.54) is 15.9 Å². The fourth-order valence-electron chi connectivity index (χ4n) is 3.07. The summed E-state index contributed by atoms with van der Waals surface area (Å²) >= 11 is 0. The van der Waals surface area contributed by atoms with Gasteiger partial charge in [0, 0.05) is 31.2 Å². The highest BCUT2D eigenvalue weighted by atomic mass is 35.5. The van der Waals surface area contributed by atoms with Crippen molar-refractivity contribution in [3.8, 4) is 0 Å². The molecule has 1 aliphatic rings. The van der Waals surface area contributed by atoms with Crippen molar-refractivity contribution >= 4 is 28.3 Å². The Balaban J connectivity index is 0.00000280. The molecule has 0 spiro atoms. The van der Waals surface area contributed by atoms with Gasteiger partial charge in [-0.2, -0.15) is 4.31 Å². The quantitative estimate of drug-likeness (QED) is 0.746. The zero-order chi connectivity index (χ0) is 19.4. The normalized spacial score (nSPS) is 15.2. The van der Waals surface area contributed by atoms with Crippen LogP contribution < -0.4 is 10.6 Å². The summed E-state index contributed by atoms with van der Waals surface area (Å²) < 4.78 is 27.6. The number of carbonyl (C=O) groups is 1. The van der Waals surface area contributed by atoms with E-state index in [9.17, 15) is 13.2 Å². The summed E-state index contributed by atoms with van der Waals surface area (Å²) in [5, 5.41) is 5.85. The Morgan fingerprint density at radius 1 is 1.14 bits per heavy atom. The number of hydrogen-bond acceptors (Lipinski definition) is 4. The number of amides is 1. The van der Waals surface area contributed by atoms with Gasteiger partial charge in [0.1, 0.15) is 0 Å². The molecule has 2 N–H and O–H groups in total. The number of benzene rings is 2. The van der Waals surface area contributed by atoms with Crippen molar-refractivity contribution in [2.45, 2.75) is 30.8 Å². The second-order valence-electron chi connectivity index (χ2n) is 6.78. The van der Waals surface area contributed by atoms with Crippen LogP contribution in [0, 0.1) is 0 Å². The molecular formula is C20H26ClN3O3S. The highest BCUT2D eigenvalue weighted by Crippen LogP contribution is 2.25. The van der Waals surface area contributed by atoms with Crippen LogP contribution in [0.2, 0.25) is 0 Å². The van der Waals surface area contributed by atoms with Gasteiger partial charge in [-0.1, -0.05) is 30.3 Å². The van der Waals surface area contributed by atoms with Crippen molar-refractivity contribution < 1.29 is 13.2 Å². The minimum absolute atomic E-state index is 0. The van der Waals surface area contributed by atoms with Crippen molar-refractivity contribution in [1.29, 1.82) is 0 Å². The Labute approximate surface area is 172 Å². The number of nitrogens with zero attached hydrogens (tertiary/aromatic N) is 1. The Morgan fingerprint density at radius 3 is 2.57 bits per heavy atom. The van der Waals surface area contributed by atoms with Crippen LogP contribution in [0.25, 0.3) is 0 Å². The van der Waals surface area contributed by atoms with Gasteiger partial charge in [-0.15, -0.1) is 12.4 Å². The Hall–Kier alpha value is -1.93. The molecule has 0 radical (unpaired) electrons. The molecule has 0 aromatic heterocycles. The Morgan fingerprint density at radius 2 is 1.86 bits per heavy atom. The molecule has 152 valence electrons. The number of sulfonamides is 1. The molecule has 1 amide bonds. The van der Waals surface area contributed by atoms with Crippen LogP contribution in [0.3, 0.4) is 0 Å². The molecule has 0 bridgehead atoms. The summed E-state index contributed by atoms with van der Waals surface area (Å²) in [6, 6.07) is 14.3. The van der Waals surface area contributed by atoms with E-state index in [2.05, 4.69) is 10.6 Å². The summed E-state index contributed by atoms with van der Waals surface area (Å²) in [5.41, 5.74) is 2.56. The highest BCUT2D eigenvalue weighted by molar-refractivity contribution is 7.89. The first-order valence-corrected chi connectivity index (χ1v) is 10.5. The number of carbonyl (C=O) groups excluding carboxylic acids is 1. The third kappa shape index (κ3) is 4.91. The van der Waals surface area contributed by atoms with Gasteiger partial charge in [-0.25, -0.2) is 8.42 Å². The number of halogens is 1. The fourth-order valence-corrected chi connectivity index (χ4v) is 4.54. The van der Waals surface area contributed by atoms with E-state index in [0.29, 0.717) is 31.6 Å². The maximum Gasteiger partial charge on any atom is 0.251 e. The predicted molar refractivity (Wildman–Crippen MR) is 112 cm³/mol. The van der Waals surface area contributed by atoms with Gasteiger partial charge in [-0.05, 0) is 49.7 Å². The van der Waals surface area contributed by atoms with Crippen LogP contribution in [0.5, 0.6) is 0 Å². The van der Waals surface area contributed by atoms with E-state index in [1.54, 1.807) is 18.2 Å². The monoisotopic (exact) mass is 423 g/mol. The molecule has 0 aliphatic carbocycles. The molecule has 0 saturated heterocycles. The molecule has 2 aromatic rings. The van der Waals surface area contributed by atoms with Gasteiger partial charge < -0.3 is 10.6 Å². The van der Waals surface area contributed by atoms with E-state index >= 15 is 0 Å². The second-order valence-corrected chi connectivity index (χ2v) is 8.72. The summed E-state index contributed by atoms with van der Waals surface area (Å²) in [7, 11) is -1.84. The molecule has 2 aromatic carbocycles. The maximum atomic E-state index is 13.1. The van der Waals surface area contributed by atoms with Crippen molar-refractivity contribution in [3.05, 3.63) is 65.2 Å². The molecular weight excluding hydrogens is 398 g/mol. The fraction of sp³-hybridized carbons (Fsp3) is 0.350. The van der Waals surface area contributed by atoms with Crippen molar-refractivity contribution in [1.82, 2.24) is 14.9 Å². The molecule has 1 aliphatic heterocycles. The van der Waals surface area contributed by atoms with Gasteiger partial charge in [-0.3, -0.25) is 4.79 Å². The summed E-state index contributed by atoms with van der Waals surface area (Å²) in [6.45, 7) is 3.22. The summed E-state index contributed by atoms with van der Waals surface area (Å²) in [4.78, 5) is 12.5. The number of fused-ring (bicyclic) bond motifs is 1. The molecule has 1 atom stereocenters. The average Bonchev–Trinajstić information content (AvgIpc) is 2.71. The SMILES string of the molecule is CNC(C)CNC(=O)c1cccc(S(=O)(=O)N2CCc3ccccc3C2)c1.Cl. The van der Waals surface area contributed by atoms with E-state index in [-0.39, 0.29) is 29.3 Å². The zero-order valence-electron chi connectivity index (χ0n) is 16.0. The molecule has 3 rings (SSSR count). The topological polar surface area (TPSA) is 78.5 Å². The first-order valence-electron chi connectivity index (χ1n) is 9.04. The summed E-state index contributed by atoms with van der Waals surface area (Å²) in [6.07, 6.45) is 0.692. The third-order valence-corrected chi connectivity index (χ3v) is 6.73. The molecule has 28 heavy (non-hydrogen) atoms. The van der Waals surface area contributed by atoms with Crippen LogP contribution >= 0.6 is 12.4 Å². The van der Waals surface area contributed by atoms with Gasteiger partial charge >= 0.3 is 0 Å². The Kier molecular flexibility index (Phi) is 7.60. The lowest BCUT2D eigenvalue weighted by Crippen LogP contribution is -2.37. The Bertz CT molecular complexity index is 934. The van der Waals surface area contributed by atoms with Gasteiger partial charge in [0.25, 0.3) is 5.91 Å². The van der Waals surface area contributed by atoms with Gasteiger partial charge in [0.2, 0.25) is 10.0 Å². The predicted octanol–water partition coefficient (Wildman–Crippen LogP) is 2.19. The van der Waals surface area contributed by atoms with Crippen LogP contribution in [-0.2, 0) is 23.0 Å². The van der Waals surface area contributed by atoms with E-state index < -0.39 is 10.0 Å². The molecule has 1 unspecified atom stereocenters. The first kappa shape index (κ1) is 22.4. The lowest BCUT2D eigenvalue weighted by atomic mass is 10.0. The highest BCUT2D eigenvalue weighted by Gasteiger charge is 2.28. The number of likely N-dealkylation sites (N-methyl/N-ethyl adjacent to an activating group) is 1. The number of rotatable bonds is 6. The molecule has 8 heteroatoms. The smallest absolute Gasteiger partial charge is 0.251 e. The largest absolute Gasteiger partial charge is 0.350 e. The lowest BCUT2D eigenvalue weighted by molar-refractivity contribution is 0.0950. The minimum Gasteiger partial charge on any atom is -0.350 e. The molecule has 1 heterocycles. The number of hydrogen-bond donors (Lipinski definition) is 2. The van der Waals surface area contributed by atoms with Gasteiger partial charge in [0.15, 0.2) is 0 Å². The molecule has 6 nitrogen and oxygen atoms in total. The van der Waals surface area contributed by atoms with Crippen molar-refractivity contribution in [3.63, 3.8) is 0 Å². The van der Waals surface area contributed by atoms with Crippen LogP contribution in [0.4, 0.5) is 0 Å². The zero-order valence-corrected chi connectivity index (χ0v) is 17.6. The number of nitrogens with one attached hydrogen (secondary N) is 2. The minimum atomic E-state index is -3.66. The van der Waals surface area contributed by atoms with E-state index in [1.807, 2.05) is 38.2 Å². The van der Waals surface area contributed by atoms with Gasteiger partial charge in [0.05, 0.1) is 4.90 Å². The van der Waals surface area contributed by atoms with Crippen LogP contribution in [-0.4, -0.2) is 44.8 Å². The lowest BCUT2D eigenvalue weighted by Gasteiger charge is -2.28. The first-order chi connectivity index (χ1) is 12.9. The third-order valence-electron chi connectivity index (χ3n) is 4.89. The molecule has 0 fully saturated rings. The molecule has 0 saturated carbocycles. The van der Waals surface area contributed by atoms with E-state index in [0.717, 1.165) is 5.56 Å². The van der Waals surface area contributed by atoms with Crippen molar-refractivity contribution in [2.24, 2.45) is 0 Å². The maximum absolute atomic E-state index is 13.1. The average molecular weight is 424 g/mol. The van der Waals surface area contributed by atoms with E-state index in [4.69, 9.17) is 0 Å².